The molecule has 1 amide bonds. The van der Waals surface area contributed by atoms with E-state index < -0.39 is 12.0 Å². The lowest BCUT2D eigenvalue weighted by Gasteiger charge is -2.57. The van der Waals surface area contributed by atoms with Crippen molar-refractivity contribution in [3.8, 4) is 0 Å². The summed E-state index contributed by atoms with van der Waals surface area (Å²) in [5, 5.41) is 24.2. The van der Waals surface area contributed by atoms with Crippen molar-refractivity contribution < 1.29 is 24.6 Å². The van der Waals surface area contributed by atoms with Crippen molar-refractivity contribution in [1.29, 1.82) is 0 Å². The van der Waals surface area contributed by atoms with Gasteiger partial charge in [-0.3, -0.25) is 4.79 Å². The Hall–Kier alpha value is -1.89. The van der Waals surface area contributed by atoms with Crippen LogP contribution in [0.1, 0.15) is 78.1 Å². The predicted molar refractivity (Wildman–Crippen MR) is 123 cm³/mol. The Morgan fingerprint density at radius 1 is 1.12 bits per heavy atom. The van der Waals surface area contributed by atoms with Crippen LogP contribution < -0.4 is 0 Å². The molecule has 5 aliphatic rings. The standard InChI is InChI=1S/C26H38N2O5/c1-25-11-9-17(27-33-15-23(30)28-13-3-4-21(28)24(31)32)14-16(25)5-6-18-19-7-8-22(29)26(19,2)12-10-20(18)25/h14,18-22,29H,3-13,15H2,1-2H3,(H,31,32)/b27-17-/t18-,19+,20+,21-,22+,25+,26+/m1/s1. The summed E-state index contributed by atoms with van der Waals surface area (Å²) in [6.45, 7) is 5.02. The highest BCUT2D eigenvalue weighted by atomic mass is 16.6. The fourth-order valence-electron chi connectivity index (χ4n) is 8.19. The number of allylic oxidation sites excluding steroid dienone is 2. The van der Waals surface area contributed by atoms with Crippen LogP contribution in [0.5, 0.6) is 0 Å². The smallest absolute Gasteiger partial charge is 0.326 e. The first-order valence-electron chi connectivity index (χ1n) is 12.8. The SMILES string of the molecule is C[C@]12CC[C@H]3[C@H](CCC4=C/C(=N\OCC(=O)N5CCC[C@@H]5C(=O)O)CC[C@@]43C)[C@@H]1CC[C@@H]2O. The Balaban J connectivity index is 1.24. The molecule has 5 rings (SSSR count). The highest BCUT2D eigenvalue weighted by Gasteiger charge is 2.58. The van der Waals surface area contributed by atoms with Crippen molar-refractivity contribution in [3.05, 3.63) is 11.6 Å². The zero-order valence-electron chi connectivity index (χ0n) is 20.0. The van der Waals surface area contributed by atoms with Crippen molar-refractivity contribution in [1.82, 2.24) is 4.90 Å². The number of amides is 1. The van der Waals surface area contributed by atoms with E-state index in [-0.39, 0.29) is 29.4 Å². The molecule has 33 heavy (non-hydrogen) atoms. The molecular formula is C26H38N2O5. The summed E-state index contributed by atoms with van der Waals surface area (Å²) in [5.74, 6) is 0.775. The Labute approximate surface area is 196 Å². The number of oxime groups is 1. The summed E-state index contributed by atoms with van der Waals surface area (Å²) in [6.07, 6.45) is 11.9. The number of hydrogen-bond donors (Lipinski definition) is 2. The van der Waals surface area contributed by atoms with Crippen molar-refractivity contribution in [2.75, 3.05) is 13.2 Å². The first kappa shape index (κ1) is 22.9. The molecule has 7 heteroatoms. The van der Waals surface area contributed by atoms with Gasteiger partial charge in [-0.1, -0.05) is 24.6 Å². The summed E-state index contributed by atoms with van der Waals surface area (Å²) in [7, 11) is 0. The zero-order chi connectivity index (χ0) is 23.4. The molecule has 7 atom stereocenters. The van der Waals surface area contributed by atoms with Gasteiger partial charge in [0.25, 0.3) is 5.91 Å². The minimum atomic E-state index is -0.950. The minimum absolute atomic E-state index is 0.107. The number of likely N-dealkylation sites (tertiary alicyclic amines) is 1. The van der Waals surface area contributed by atoms with E-state index in [0.29, 0.717) is 37.1 Å². The molecule has 0 aromatic carbocycles. The number of aliphatic hydroxyl groups is 1. The predicted octanol–water partition coefficient (Wildman–Crippen LogP) is 3.76. The van der Waals surface area contributed by atoms with Crippen LogP contribution in [0.25, 0.3) is 0 Å². The number of rotatable bonds is 4. The zero-order valence-corrected chi connectivity index (χ0v) is 20.0. The molecule has 0 aromatic heterocycles. The van der Waals surface area contributed by atoms with Crippen LogP contribution in [-0.4, -0.2) is 58.0 Å². The average molecular weight is 459 g/mol. The van der Waals surface area contributed by atoms with Crippen molar-refractivity contribution in [3.63, 3.8) is 0 Å². The number of aliphatic hydroxyl groups excluding tert-OH is 1. The average Bonchev–Trinajstić information content (AvgIpc) is 3.39. The van der Waals surface area contributed by atoms with Crippen LogP contribution in [0, 0.1) is 28.6 Å². The number of hydrogen-bond acceptors (Lipinski definition) is 5. The molecule has 0 bridgehead atoms. The van der Waals surface area contributed by atoms with Gasteiger partial charge in [-0.25, -0.2) is 4.79 Å². The van der Waals surface area contributed by atoms with Gasteiger partial charge < -0.3 is 20.0 Å². The highest BCUT2D eigenvalue weighted by Crippen LogP contribution is 2.65. The van der Waals surface area contributed by atoms with Crippen LogP contribution in [0.15, 0.2) is 16.8 Å². The Morgan fingerprint density at radius 2 is 1.94 bits per heavy atom. The summed E-state index contributed by atoms with van der Waals surface area (Å²) in [6, 6.07) is -0.736. The molecule has 0 spiro atoms. The Bertz CT molecular complexity index is 884. The van der Waals surface area contributed by atoms with Crippen LogP contribution in [0.3, 0.4) is 0 Å². The number of fused-ring (bicyclic) bond motifs is 5. The molecule has 0 aromatic rings. The second kappa shape index (κ2) is 8.40. The lowest BCUT2D eigenvalue weighted by molar-refractivity contribution is -0.150. The number of carboxylic acid groups (broad SMARTS) is 1. The third-order valence-corrected chi connectivity index (χ3v) is 10.2. The van der Waals surface area contributed by atoms with Gasteiger partial charge in [0.15, 0.2) is 6.61 Å². The van der Waals surface area contributed by atoms with E-state index in [4.69, 9.17) is 4.84 Å². The molecule has 4 fully saturated rings. The molecule has 0 unspecified atom stereocenters. The van der Waals surface area contributed by atoms with E-state index in [2.05, 4.69) is 25.1 Å². The Morgan fingerprint density at radius 3 is 2.73 bits per heavy atom. The topological polar surface area (TPSA) is 99.4 Å². The van der Waals surface area contributed by atoms with E-state index in [1.54, 1.807) is 0 Å². The van der Waals surface area contributed by atoms with Crippen LogP contribution in [0.2, 0.25) is 0 Å². The molecular weight excluding hydrogens is 420 g/mol. The van der Waals surface area contributed by atoms with Gasteiger partial charge in [0, 0.05) is 6.54 Å². The maximum absolute atomic E-state index is 12.4. The molecule has 3 saturated carbocycles. The van der Waals surface area contributed by atoms with Crippen LogP contribution in [-0.2, 0) is 14.4 Å². The first-order valence-corrected chi connectivity index (χ1v) is 12.8. The maximum atomic E-state index is 12.4. The van der Waals surface area contributed by atoms with Gasteiger partial charge in [0.1, 0.15) is 6.04 Å². The molecule has 7 nitrogen and oxygen atoms in total. The fraction of sp³-hybridized carbons (Fsp3) is 0.808. The van der Waals surface area contributed by atoms with E-state index in [9.17, 15) is 19.8 Å². The third kappa shape index (κ3) is 3.71. The fourth-order valence-corrected chi connectivity index (χ4v) is 8.19. The van der Waals surface area contributed by atoms with Gasteiger partial charge in [-0.2, -0.15) is 0 Å². The maximum Gasteiger partial charge on any atom is 0.326 e. The van der Waals surface area contributed by atoms with E-state index in [1.807, 2.05) is 0 Å². The number of aliphatic carboxylic acids is 1. The van der Waals surface area contributed by atoms with Gasteiger partial charge in [0.05, 0.1) is 11.8 Å². The molecule has 0 radical (unpaired) electrons. The van der Waals surface area contributed by atoms with Crippen LogP contribution >= 0.6 is 0 Å². The molecule has 2 N–H and O–H groups in total. The molecule has 4 aliphatic carbocycles. The quantitative estimate of drug-likeness (QED) is 0.625. The van der Waals surface area contributed by atoms with Crippen molar-refractivity contribution in [2.24, 2.45) is 33.7 Å². The van der Waals surface area contributed by atoms with Gasteiger partial charge in [-0.05, 0) is 98.9 Å². The largest absolute Gasteiger partial charge is 0.480 e. The van der Waals surface area contributed by atoms with Gasteiger partial charge >= 0.3 is 5.97 Å². The van der Waals surface area contributed by atoms with E-state index in [1.165, 1.54) is 29.7 Å². The molecule has 1 saturated heterocycles. The second-order valence-corrected chi connectivity index (χ2v) is 11.6. The van der Waals surface area contributed by atoms with Crippen molar-refractivity contribution >= 4 is 17.6 Å². The van der Waals surface area contributed by atoms with Crippen molar-refractivity contribution in [2.45, 2.75) is 90.2 Å². The van der Waals surface area contributed by atoms with Gasteiger partial charge in [0.2, 0.25) is 0 Å². The van der Waals surface area contributed by atoms with Crippen LogP contribution in [0.4, 0.5) is 0 Å². The molecule has 1 heterocycles. The molecule has 182 valence electrons. The summed E-state index contributed by atoms with van der Waals surface area (Å²) in [5.41, 5.74) is 2.66. The lowest BCUT2D eigenvalue weighted by atomic mass is 9.47. The number of carbonyl (C=O) groups is 2. The van der Waals surface area contributed by atoms with Gasteiger partial charge in [-0.15, -0.1) is 0 Å². The number of nitrogens with zero attached hydrogens (tertiary/aromatic N) is 2. The first-order chi connectivity index (χ1) is 15.7. The minimum Gasteiger partial charge on any atom is -0.480 e. The third-order valence-electron chi connectivity index (χ3n) is 10.2. The van der Waals surface area contributed by atoms with E-state index >= 15 is 0 Å². The van der Waals surface area contributed by atoms with E-state index in [0.717, 1.165) is 37.8 Å². The monoisotopic (exact) mass is 458 g/mol. The second-order valence-electron chi connectivity index (χ2n) is 11.6. The summed E-state index contributed by atoms with van der Waals surface area (Å²) in [4.78, 5) is 30.5. The normalized spacial score (nSPS) is 43.5. The number of carboxylic acids is 1. The highest BCUT2D eigenvalue weighted by molar-refractivity contribution is 5.96. The summed E-state index contributed by atoms with van der Waals surface area (Å²) < 4.78 is 0. The summed E-state index contributed by atoms with van der Waals surface area (Å²) >= 11 is 0. The Kier molecular flexibility index (Phi) is 5.82. The lowest BCUT2D eigenvalue weighted by Crippen LogP contribution is -2.51. The molecule has 1 aliphatic heterocycles. The number of carbonyl (C=O) groups excluding carboxylic acids is 1.